The molecule has 0 bridgehead atoms. The Morgan fingerprint density at radius 1 is 1.22 bits per heavy atom. The molecule has 0 atom stereocenters. The number of aromatic nitrogens is 3. The molecule has 2 heterocycles. The summed E-state index contributed by atoms with van der Waals surface area (Å²) < 4.78 is 3.09. The maximum absolute atomic E-state index is 12.7. The Balaban J connectivity index is 1.71. The molecule has 2 aromatic heterocycles. The van der Waals surface area contributed by atoms with E-state index < -0.39 is 0 Å². The van der Waals surface area contributed by atoms with Crippen LogP contribution in [0.2, 0.25) is 5.02 Å². The molecule has 0 radical (unpaired) electrons. The van der Waals surface area contributed by atoms with E-state index in [9.17, 15) is 4.79 Å². The van der Waals surface area contributed by atoms with E-state index in [2.05, 4.69) is 31.2 Å². The Morgan fingerprint density at radius 2 is 2.00 bits per heavy atom. The molecule has 0 saturated carbocycles. The van der Waals surface area contributed by atoms with Crippen molar-refractivity contribution in [2.24, 2.45) is 0 Å². The summed E-state index contributed by atoms with van der Waals surface area (Å²) in [5.41, 5.74) is 2.62. The second-order valence-corrected chi connectivity index (χ2v) is 8.51. The van der Waals surface area contributed by atoms with Crippen LogP contribution < -0.4 is 10.9 Å². The van der Waals surface area contributed by atoms with Crippen molar-refractivity contribution in [2.75, 3.05) is 5.32 Å². The molecule has 0 amide bonds. The summed E-state index contributed by atoms with van der Waals surface area (Å²) in [5.74, 6) is 0.471. The first-order chi connectivity index (χ1) is 13.0. The van der Waals surface area contributed by atoms with Gasteiger partial charge >= 0.3 is 0 Å². The lowest BCUT2D eigenvalue weighted by Gasteiger charge is -2.14. The number of aryl methyl sites for hydroxylation is 1. The Morgan fingerprint density at radius 3 is 2.78 bits per heavy atom. The van der Waals surface area contributed by atoms with E-state index in [4.69, 9.17) is 11.6 Å². The number of halogens is 2. The van der Waals surface area contributed by atoms with Gasteiger partial charge in [0.05, 0.1) is 28.0 Å². The summed E-state index contributed by atoms with van der Waals surface area (Å²) in [6, 6.07) is 13.3. The first kappa shape index (κ1) is 18.2. The van der Waals surface area contributed by atoms with Gasteiger partial charge in [-0.1, -0.05) is 23.7 Å². The molecule has 0 unspecified atom stereocenters. The third kappa shape index (κ3) is 3.90. The Labute approximate surface area is 172 Å². The summed E-state index contributed by atoms with van der Waals surface area (Å²) in [6.45, 7) is 2.37. The molecule has 0 spiro atoms. The minimum absolute atomic E-state index is 0.155. The zero-order valence-electron chi connectivity index (χ0n) is 14.2. The van der Waals surface area contributed by atoms with Crippen LogP contribution in [-0.2, 0) is 6.54 Å². The van der Waals surface area contributed by atoms with Gasteiger partial charge in [-0.05, 0) is 58.7 Å². The maximum Gasteiger partial charge on any atom is 0.269 e. The summed E-state index contributed by atoms with van der Waals surface area (Å²) in [7, 11) is 0. The second kappa shape index (κ2) is 7.42. The monoisotopic (exact) mass is 460 g/mol. The molecule has 5 nitrogen and oxygen atoms in total. The van der Waals surface area contributed by atoms with E-state index in [-0.39, 0.29) is 5.56 Å². The predicted octanol–water partition coefficient (Wildman–Crippen LogP) is 5.37. The highest BCUT2D eigenvalue weighted by Gasteiger charge is 2.11. The van der Waals surface area contributed by atoms with Crippen LogP contribution in [-0.4, -0.2) is 14.5 Å². The first-order valence-corrected chi connectivity index (χ1v) is 10.1. The van der Waals surface area contributed by atoms with E-state index in [0.29, 0.717) is 22.0 Å². The van der Waals surface area contributed by atoms with Crippen LogP contribution in [0.15, 0.2) is 57.9 Å². The molecule has 0 aliphatic rings. The molecular formula is C19H14BrClN4OS. The van der Waals surface area contributed by atoms with E-state index in [1.807, 2.05) is 37.3 Å². The van der Waals surface area contributed by atoms with Crippen LogP contribution in [0.25, 0.3) is 10.2 Å². The standard InChI is InChI=1S/C19H14BrClN4OS/c1-11-23-16-7-6-14(8-17(16)27-11)24-19-22-9-15(20)18(26)25(19)10-12-2-4-13(21)5-3-12/h2-9H,10H2,1H3,(H,22,24). The molecule has 2 aromatic carbocycles. The van der Waals surface area contributed by atoms with Crippen LogP contribution in [0.1, 0.15) is 10.6 Å². The van der Waals surface area contributed by atoms with Gasteiger partial charge in [0, 0.05) is 10.7 Å². The zero-order valence-corrected chi connectivity index (χ0v) is 17.4. The Bertz CT molecular complexity index is 1190. The average molecular weight is 462 g/mol. The molecule has 1 N–H and O–H groups in total. The molecule has 8 heteroatoms. The normalized spacial score (nSPS) is 11.1. The van der Waals surface area contributed by atoms with Crippen molar-refractivity contribution in [1.82, 2.24) is 14.5 Å². The molecule has 4 rings (SSSR count). The number of thiazole rings is 1. The van der Waals surface area contributed by atoms with Crippen molar-refractivity contribution in [3.05, 3.63) is 79.1 Å². The van der Waals surface area contributed by atoms with Crippen molar-refractivity contribution in [2.45, 2.75) is 13.5 Å². The number of hydrogen-bond donors (Lipinski definition) is 1. The molecule has 0 fully saturated rings. The van der Waals surface area contributed by atoms with Crippen molar-refractivity contribution in [1.29, 1.82) is 0 Å². The molecule has 4 aromatic rings. The lowest BCUT2D eigenvalue weighted by molar-refractivity contribution is 0.744. The minimum Gasteiger partial charge on any atom is -0.325 e. The lowest BCUT2D eigenvalue weighted by Crippen LogP contribution is -2.24. The number of nitrogens with one attached hydrogen (secondary N) is 1. The van der Waals surface area contributed by atoms with Gasteiger partial charge in [-0.2, -0.15) is 0 Å². The molecule has 136 valence electrons. The fraction of sp³-hybridized carbons (Fsp3) is 0.105. The number of hydrogen-bond acceptors (Lipinski definition) is 5. The van der Waals surface area contributed by atoms with Crippen LogP contribution in [0, 0.1) is 6.92 Å². The van der Waals surface area contributed by atoms with Gasteiger partial charge in [0.2, 0.25) is 5.95 Å². The molecular weight excluding hydrogens is 448 g/mol. The van der Waals surface area contributed by atoms with Crippen LogP contribution in [0.3, 0.4) is 0 Å². The number of anilines is 2. The van der Waals surface area contributed by atoms with Gasteiger partial charge < -0.3 is 5.32 Å². The zero-order chi connectivity index (χ0) is 19.0. The molecule has 0 aliphatic carbocycles. The SMILES string of the molecule is Cc1nc2ccc(Nc3ncc(Br)c(=O)n3Cc3ccc(Cl)cc3)cc2s1. The minimum atomic E-state index is -0.155. The molecule has 27 heavy (non-hydrogen) atoms. The second-order valence-electron chi connectivity index (χ2n) is 5.99. The summed E-state index contributed by atoms with van der Waals surface area (Å²) in [5, 5.41) is 4.93. The predicted molar refractivity (Wildman–Crippen MR) is 114 cm³/mol. The third-order valence-corrected chi connectivity index (χ3v) is 5.74. The highest BCUT2D eigenvalue weighted by Crippen LogP contribution is 2.26. The summed E-state index contributed by atoms with van der Waals surface area (Å²) in [4.78, 5) is 21.5. The lowest BCUT2D eigenvalue weighted by atomic mass is 10.2. The smallest absolute Gasteiger partial charge is 0.269 e. The van der Waals surface area contributed by atoms with Gasteiger partial charge in [0.25, 0.3) is 5.56 Å². The van der Waals surface area contributed by atoms with Crippen molar-refractivity contribution in [3.8, 4) is 0 Å². The largest absolute Gasteiger partial charge is 0.325 e. The topological polar surface area (TPSA) is 59.8 Å². The fourth-order valence-electron chi connectivity index (χ4n) is 2.73. The Kier molecular flexibility index (Phi) is 4.99. The van der Waals surface area contributed by atoms with Gasteiger partial charge in [-0.25, -0.2) is 9.97 Å². The highest BCUT2D eigenvalue weighted by molar-refractivity contribution is 9.10. The molecule has 0 aliphatic heterocycles. The summed E-state index contributed by atoms with van der Waals surface area (Å²) >= 11 is 10.9. The number of benzene rings is 2. The van der Waals surface area contributed by atoms with E-state index >= 15 is 0 Å². The molecule has 0 saturated heterocycles. The number of nitrogens with zero attached hydrogens (tertiary/aromatic N) is 3. The van der Waals surface area contributed by atoms with Gasteiger partial charge in [-0.3, -0.25) is 9.36 Å². The van der Waals surface area contributed by atoms with E-state index in [0.717, 1.165) is 26.5 Å². The summed E-state index contributed by atoms with van der Waals surface area (Å²) in [6.07, 6.45) is 1.51. The fourth-order valence-corrected chi connectivity index (χ4v) is 4.04. The first-order valence-electron chi connectivity index (χ1n) is 8.13. The van der Waals surface area contributed by atoms with E-state index in [1.54, 1.807) is 28.0 Å². The van der Waals surface area contributed by atoms with E-state index in [1.165, 1.54) is 6.20 Å². The van der Waals surface area contributed by atoms with Gasteiger partial charge in [0.15, 0.2) is 0 Å². The van der Waals surface area contributed by atoms with Crippen molar-refractivity contribution >= 4 is 60.7 Å². The third-order valence-electron chi connectivity index (χ3n) is 4.01. The van der Waals surface area contributed by atoms with Crippen molar-refractivity contribution < 1.29 is 0 Å². The van der Waals surface area contributed by atoms with Crippen LogP contribution >= 0.6 is 38.9 Å². The van der Waals surface area contributed by atoms with Gasteiger partial charge in [-0.15, -0.1) is 11.3 Å². The number of rotatable bonds is 4. The average Bonchev–Trinajstić information content (AvgIpc) is 3.02. The van der Waals surface area contributed by atoms with Gasteiger partial charge in [0.1, 0.15) is 4.47 Å². The maximum atomic E-state index is 12.7. The quantitative estimate of drug-likeness (QED) is 0.444. The highest BCUT2D eigenvalue weighted by atomic mass is 79.9. The Hall–Kier alpha value is -2.22. The van der Waals surface area contributed by atoms with Crippen LogP contribution in [0.4, 0.5) is 11.6 Å². The van der Waals surface area contributed by atoms with Crippen molar-refractivity contribution in [3.63, 3.8) is 0 Å². The van der Waals surface area contributed by atoms with Crippen LogP contribution in [0.5, 0.6) is 0 Å². The number of fused-ring (bicyclic) bond motifs is 1.